The van der Waals surface area contributed by atoms with Crippen molar-refractivity contribution in [2.45, 2.75) is 58.9 Å². The average molecular weight is 453 g/mol. The van der Waals surface area contributed by atoms with Crippen LogP contribution in [0.5, 0.6) is 0 Å². The first-order valence-electron chi connectivity index (χ1n) is 10.8. The Morgan fingerprint density at radius 2 is 1.66 bits per heavy atom. The van der Waals surface area contributed by atoms with Crippen molar-refractivity contribution < 1.29 is 33.4 Å². The molecule has 9 nitrogen and oxygen atoms in total. The molecule has 1 rings (SSSR count). The Hall–Kier alpha value is -2.84. The Labute approximate surface area is 189 Å². The molecule has 0 heterocycles. The minimum Gasteiger partial charge on any atom is -0.462 e. The van der Waals surface area contributed by atoms with Crippen molar-refractivity contribution in [2.24, 2.45) is 10.8 Å². The molecule has 32 heavy (non-hydrogen) atoms. The van der Waals surface area contributed by atoms with Crippen LogP contribution in [-0.2, 0) is 28.6 Å². The summed E-state index contributed by atoms with van der Waals surface area (Å²) in [5.41, 5.74) is -0.183. The minimum atomic E-state index is -0.559. The maximum atomic E-state index is 12.1. The van der Waals surface area contributed by atoms with Gasteiger partial charge in [0.1, 0.15) is 19.8 Å². The van der Waals surface area contributed by atoms with E-state index < -0.39 is 12.1 Å². The highest BCUT2D eigenvalue weighted by atomic mass is 16.6. The normalized spacial score (nSPS) is 21.5. The minimum absolute atomic E-state index is 0.00386. The van der Waals surface area contributed by atoms with Crippen LogP contribution in [0, 0.1) is 10.8 Å². The van der Waals surface area contributed by atoms with Crippen molar-refractivity contribution in [1.82, 2.24) is 10.6 Å². The molecule has 2 amide bonds. The predicted molar refractivity (Wildman–Crippen MR) is 119 cm³/mol. The highest BCUT2D eigenvalue weighted by molar-refractivity contribution is 5.86. The van der Waals surface area contributed by atoms with Crippen LogP contribution in [0.3, 0.4) is 0 Å². The molecular formula is C23H36N2O7. The molecule has 0 aliphatic heterocycles. The van der Waals surface area contributed by atoms with E-state index in [0.717, 1.165) is 25.0 Å². The number of rotatable bonds is 12. The molecule has 0 radical (unpaired) electrons. The van der Waals surface area contributed by atoms with Gasteiger partial charge in [0.05, 0.1) is 6.54 Å². The smallest absolute Gasteiger partial charge is 0.407 e. The largest absolute Gasteiger partial charge is 0.462 e. The summed E-state index contributed by atoms with van der Waals surface area (Å²) in [6.07, 6.45) is 4.94. The lowest BCUT2D eigenvalue weighted by molar-refractivity contribution is -0.150. The van der Waals surface area contributed by atoms with Crippen LogP contribution in [0.15, 0.2) is 25.3 Å². The molecule has 0 bridgehead atoms. The molecule has 0 spiro atoms. The van der Waals surface area contributed by atoms with Gasteiger partial charge in [-0.15, -0.1) is 0 Å². The number of hydrogen-bond donors (Lipinski definition) is 2. The summed E-state index contributed by atoms with van der Waals surface area (Å²) < 4.78 is 15.0. The molecule has 0 aromatic rings. The number of hydrogen-bond acceptors (Lipinski definition) is 7. The molecule has 2 atom stereocenters. The molecule has 1 saturated carbocycles. The highest BCUT2D eigenvalue weighted by Gasteiger charge is 2.41. The molecule has 2 unspecified atom stereocenters. The summed E-state index contributed by atoms with van der Waals surface area (Å²) >= 11 is 0. The average Bonchev–Trinajstić information content (AvgIpc) is 2.71. The zero-order valence-electron chi connectivity index (χ0n) is 19.4. The van der Waals surface area contributed by atoms with E-state index in [-0.39, 0.29) is 61.5 Å². The molecule has 0 aromatic carbocycles. The topological polar surface area (TPSA) is 120 Å². The highest BCUT2D eigenvalue weighted by Crippen LogP contribution is 2.48. The number of carbonyl (C=O) groups is 4. The number of amides is 2. The third-order valence-corrected chi connectivity index (χ3v) is 5.28. The summed E-state index contributed by atoms with van der Waals surface area (Å²) in [7, 11) is 0. The van der Waals surface area contributed by atoms with E-state index in [4.69, 9.17) is 14.2 Å². The molecule has 1 aliphatic rings. The zero-order valence-corrected chi connectivity index (χ0v) is 19.4. The van der Waals surface area contributed by atoms with Gasteiger partial charge in [0.2, 0.25) is 5.91 Å². The number of ether oxygens (including phenoxy) is 3. The standard InChI is InChI=1S/C23H36N2O7/c1-6-18(26)24-10-11-32-21(29)25-17-14-22(3,4)16-23(5,15-17)9-8-20(28)31-13-12-30-19(27)7-2/h6-7,17H,1-2,8-16H2,3-5H3,(H,24,26)(H,25,29). The second kappa shape index (κ2) is 12.9. The number of esters is 2. The first kappa shape index (κ1) is 27.2. The Morgan fingerprint density at radius 3 is 2.31 bits per heavy atom. The monoisotopic (exact) mass is 452 g/mol. The van der Waals surface area contributed by atoms with Gasteiger partial charge >= 0.3 is 18.0 Å². The van der Waals surface area contributed by atoms with Crippen LogP contribution >= 0.6 is 0 Å². The molecule has 1 fully saturated rings. The molecule has 1 aliphatic carbocycles. The van der Waals surface area contributed by atoms with Gasteiger partial charge in [-0.25, -0.2) is 9.59 Å². The molecular weight excluding hydrogens is 416 g/mol. The van der Waals surface area contributed by atoms with Crippen LogP contribution in [0.4, 0.5) is 4.79 Å². The first-order valence-corrected chi connectivity index (χ1v) is 10.8. The lowest BCUT2D eigenvalue weighted by Gasteiger charge is -2.46. The second-order valence-corrected chi connectivity index (χ2v) is 9.12. The third kappa shape index (κ3) is 11.0. The SMILES string of the molecule is C=CC(=O)NCCOC(=O)NC1CC(C)(C)CC(C)(CCC(=O)OCCOC(=O)C=C)C1. The summed E-state index contributed by atoms with van der Waals surface area (Å²) in [6.45, 7) is 13.3. The van der Waals surface area contributed by atoms with Gasteiger partial charge in [-0.05, 0) is 42.6 Å². The van der Waals surface area contributed by atoms with Crippen molar-refractivity contribution in [2.75, 3.05) is 26.4 Å². The Balaban J connectivity index is 2.46. The number of alkyl carbamates (subject to hydrolysis) is 1. The van der Waals surface area contributed by atoms with Gasteiger partial charge in [-0.3, -0.25) is 9.59 Å². The van der Waals surface area contributed by atoms with Crippen LogP contribution in [0.2, 0.25) is 0 Å². The lowest BCUT2D eigenvalue weighted by Crippen LogP contribution is -2.47. The van der Waals surface area contributed by atoms with Crippen molar-refractivity contribution in [1.29, 1.82) is 0 Å². The predicted octanol–water partition coefficient (Wildman–Crippen LogP) is 2.65. The van der Waals surface area contributed by atoms with E-state index >= 15 is 0 Å². The fraction of sp³-hybridized carbons (Fsp3) is 0.652. The summed E-state index contributed by atoms with van der Waals surface area (Å²) in [5, 5.41) is 5.45. The first-order chi connectivity index (χ1) is 15.0. The molecule has 9 heteroatoms. The van der Waals surface area contributed by atoms with Crippen LogP contribution in [0.1, 0.15) is 52.9 Å². The van der Waals surface area contributed by atoms with Gasteiger partial charge < -0.3 is 24.8 Å². The summed E-state index contributed by atoms with van der Waals surface area (Å²) in [6, 6.07) is -0.0895. The maximum Gasteiger partial charge on any atom is 0.407 e. The van der Waals surface area contributed by atoms with Gasteiger partial charge in [-0.2, -0.15) is 0 Å². The van der Waals surface area contributed by atoms with Gasteiger partial charge in [0, 0.05) is 18.5 Å². The zero-order chi connectivity index (χ0) is 24.2. The Bertz CT molecular complexity index is 704. The second-order valence-electron chi connectivity index (χ2n) is 9.12. The van der Waals surface area contributed by atoms with Crippen molar-refractivity contribution in [3.05, 3.63) is 25.3 Å². The molecule has 180 valence electrons. The fourth-order valence-electron chi connectivity index (χ4n) is 4.36. The number of carbonyl (C=O) groups excluding carboxylic acids is 4. The summed E-state index contributed by atoms with van der Waals surface area (Å²) in [5.74, 6) is -1.23. The van der Waals surface area contributed by atoms with Gasteiger partial charge in [0.15, 0.2) is 0 Å². The van der Waals surface area contributed by atoms with Crippen LogP contribution < -0.4 is 10.6 Å². The van der Waals surface area contributed by atoms with Gasteiger partial charge in [-0.1, -0.05) is 33.9 Å². The van der Waals surface area contributed by atoms with Crippen LogP contribution in [-0.4, -0.2) is 56.3 Å². The Kier molecular flexibility index (Phi) is 10.9. The molecule has 0 saturated heterocycles. The molecule has 0 aromatic heterocycles. The quantitative estimate of drug-likeness (QED) is 0.202. The lowest BCUT2D eigenvalue weighted by atomic mass is 9.61. The molecule has 2 N–H and O–H groups in total. The van der Waals surface area contributed by atoms with Crippen molar-refractivity contribution >= 4 is 23.9 Å². The third-order valence-electron chi connectivity index (χ3n) is 5.28. The number of nitrogens with one attached hydrogen (secondary N) is 2. The summed E-state index contributed by atoms with van der Waals surface area (Å²) in [4.78, 5) is 46.3. The van der Waals surface area contributed by atoms with Crippen molar-refractivity contribution in [3.8, 4) is 0 Å². The fourth-order valence-corrected chi connectivity index (χ4v) is 4.36. The van der Waals surface area contributed by atoms with E-state index in [2.05, 4.69) is 44.6 Å². The van der Waals surface area contributed by atoms with E-state index in [0.29, 0.717) is 12.8 Å². The van der Waals surface area contributed by atoms with E-state index in [1.165, 1.54) is 0 Å². The van der Waals surface area contributed by atoms with Crippen LogP contribution in [0.25, 0.3) is 0 Å². The van der Waals surface area contributed by atoms with E-state index in [1.807, 2.05) is 0 Å². The van der Waals surface area contributed by atoms with Crippen molar-refractivity contribution in [3.63, 3.8) is 0 Å². The Morgan fingerprint density at radius 1 is 0.969 bits per heavy atom. The van der Waals surface area contributed by atoms with Gasteiger partial charge in [0.25, 0.3) is 0 Å². The van der Waals surface area contributed by atoms with E-state index in [1.54, 1.807) is 0 Å². The maximum absolute atomic E-state index is 12.1. The van der Waals surface area contributed by atoms with E-state index in [9.17, 15) is 19.2 Å².